The van der Waals surface area contributed by atoms with E-state index in [9.17, 15) is 0 Å². The summed E-state index contributed by atoms with van der Waals surface area (Å²) in [5.74, 6) is 0. The first-order valence-corrected chi connectivity index (χ1v) is 5.98. The van der Waals surface area contributed by atoms with Crippen molar-refractivity contribution in [1.82, 2.24) is 9.55 Å². The Hall–Kier alpha value is -1.06. The van der Waals surface area contributed by atoms with Crippen LogP contribution in [-0.2, 0) is 6.42 Å². The molecule has 4 heteroatoms. The van der Waals surface area contributed by atoms with Crippen molar-refractivity contribution < 1.29 is 0 Å². The topological polar surface area (TPSA) is 20.7 Å². The summed E-state index contributed by atoms with van der Waals surface area (Å²) >= 11 is 11.4. The minimum absolute atomic E-state index is 0.710. The van der Waals surface area contributed by atoms with E-state index in [0.29, 0.717) is 4.77 Å². The number of hydrogen-bond donors (Lipinski definition) is 1. The smallest absolute Gasteiger partial charge is 0.182 e. The van der Waals surface area contributed by atoms with E-state index in [1.807, 2.05) is 35.9 Å². The maximum absolute atomic E-state index is 6.12. The third-order valence-electron chi connectivity index (χ3n) is 2.69. The average Bonchev–Trinajstić information content (AvgIpc) is 2.64. The van der Waals surface area contributed by atoms with Gasteiger partial charge < -0.3 is 4.98 Å². The van der Waals surface area contributed by atoms with Crippen molar-refractivity contribution in [3.8, 4) is 5.69 Å². The van der Waals surface area contributed by atoms with Gasteiger partial charge in [0.15, 0.2) is 4.77 Å². The van der Waals surface area contributed by atoms with Gasteiger partial charge in [-0.1, -0.05) is 24.6 Å². The van der Waals surface area contributed by atoms with Gasteiger partial charge in [0.25, 0.3) is 0 Å². The molecule has 0 bridgehead atoms. The molecule has 1 aromatic carbocycles. The van der Waals surface area contributed by atoms with Crippen molar-refractivity contribution in [3.05, 3.63) is 45.4 Å². The van der Waals surface area contributed by atoms with E-state index in [-0.39, 0.29) is 0 Å². The number of halogens is 1. The largest absolute Gasteiger partial charge is 0.337 e. The minimum Gasteiger partial charge on any atom is -0.337 e. The van der Waals surface area contributed by atoms with Gasteiger partial charge in [-0.05, 0) is 43.3 Å². The number of aryl methyl sites for hydroxylation is 1. The summed E-state index contributed by atoms with van der Waals surface area (Å²) in [6, 6.07) is 5.87. The standard InChI is InChI=1S/C12H13ClN2S/c1-3-9-7-14-12(16)15(9)11-6-4-5-10(13)8(11)2/h4-7H,3H2,1-2H3,(H,14,16). The summed E-state index contributed by atoms with van der Waals surface area (Å²) in [5, 5.41) is 0.766. The molecule has 1 N–H and O–H groups in total. The number of hydrogen-bond acceptors (Lipinski definition) is 1. The van der Waals surface area contributed by atoms with Gasteiger partial charge in [-0.2, -0.15) is 0 Å². The van der Waals surface area contributed by atoms with Crippen LogP contribution in [0.2, 0.25) is 5.02 Å². The lowest BCUT2D eigenvalue weighted by Crippen LogP contribution is -2.01. The molecule has 2 rings (SSSR count). The Bertz CT molecular complexity index is 569. The van der Waals surface area contributed by atoms with Crippen LogP contribution in [0, 0.1) is 11.7 Å². The summed E-state index contributed by atoms with van der Waals surface area (Å²) in [6.45, 7) is 4.11. The molecule has 0 saturated carbocycles. The van der Waals surface area contributed by atoms with E-state index in [2.05, 4.69) is 11.9 Å². The predicted molar refractivity (Wildman–Crippen MR) is 70.1 cm³/mol. The highest BCUT2D eigenvalue weighted by Gasteiger charge is 2.08. The van der Waals surface area contributed by atoms with E-state index in [4.69, 9.17) is 23.8 Å². The van der Waals surface area contributed by atoms with Crippen LogP contribution in [0.1, 0.15) is 18.2 Å². The third kappa shape index (κ3) is 1.81. The van der Waals surface area contributed by atoms with Gasteiger partial charge in [-0.3, -0.25) is 4.57 Å². The Balaban J connectivity index is 2.72. The second-order valence-electron chi connectivity index (χ2n) is 3.66. The van der Waals surface area contributed by atoms with Crippen molar-refractivity contribution >= 4 is 23.8 Å². The summed E-state index contributed by atoms with van der Waals surface area (Å²) in [5.41, 5.74) is 3.26. The van der Waals surface area contributed by atoms with Crippen molar-refractivity contribution in [2.24, 2.45) is 0 Å². The van der Waals surface area contributed by atoms with Crippen LogP contribution < -0.4 is 0 Å². The fraction of sp³-hybridized carbons (Fsp3) is 0.250. The van der Waals surface area contributed by atoms with Crippen LogP contribution in [0.4, 0.5) is 0 Å². The van der Waals surface area contributed by atoms with Crippen molar-refractivity contribution in [2.45, 2.75) is 20.3 Å². The summed E-state index contributed by atoms with van der Waals surface area (Å²) < 4.78 is 2.75. The molecule has 84 valence electrons. The molecule has 1 heterocycles. The molecule has 0 aliphatic rings. The molecule has 0 aliphatic carbocycles. The van der Waals surface area contributed by atoms with Gasteiger partial charge >= 0.3 is 0 Å². The minimum atomic E-state index is 0.710. The molecular weight excluding hydrogens is 240 g/mol. The summed E-state index contributed by atoms with van der Waals surface area (Å²) in [7, 11) is 0. The molecule has 0 amide bonds. The number of nitrogens with zero attached hydrogens (tertiary/aromatic N) is 1. The highest BCUT2D eigenvalue weighted by molar-refractivity contribution is 7.71. The van der Waals surface area contributed by atoms with Crippen LogP contribution in [-0.4, -0.2) is 9.55 Å². The molecule has 16 heavy (non-hydrogen) atoms. The van der Waals surface area contributed by atoms with Crippen LogP contribution in [0.5, 0.6) is 0 Å². The normalized spacial score (nSPS) is 10.7. The molecule has 0 radical (unpaired) electrons. The summed E-state index contributed by atoms with van der Waals surface area (Å²) in [4.78, 5) is 3.07. The molecule has 0 atom stereocenters. The molecular formula is C12H13ClN2S. The predicted octanol–water partition coefficient (Wildman–Crippen LogP) is 4.06. The SMILES string of the molecule is CCc1c[nH]c(=S)n1-c1cccc(Cl)c1C. The molecule has 1 aromatic heterocycles. The van der Waals surface area contributed by atoms with Crippen molar-refractivity contribution in [1.29, 1.82) is 0 Å². The van der Waals surface area contributed by atoms with Crippen LogP contribution >= 0.6 is 23.8 Å². The van der Waals surface area contributed by atoms with E-state index in [1.54, 1.807) is 0 Å². The number of aromatic amines is 1. The lowest BCUT2D eigenvalue weighted by Gasteiger charge is -2.11. The van der Waals surface area contributed by atoms with Crippen molar-refractivity contribution in [2.75, 3.05) is 0 Å². The Morgan fingerprint density at radius 3 is 2.88 bits per heavy atom. The highest BCUT2D eigenvalue weighted by atomic mass is 35.5. The molecule has 2 aromatic rings. The zero-order valence-electron chi connectivity index (χ0n) is 9.25. The fourth-order valence-electron chi connectivity index (χ4n) is 1.77. The van der Waals surface area contributed by atoms with Gasteiger partial charge in [0.05, 0.1) is 5.69 Å². The highest BCUT2D eigenvalue weighted by Crippen LogP contribution is 2.23. The van der Waals surface area contributed by atoms with Crippen LogP contribution in [0.3, 0.4) is 0 Å². The zero-order valence-corrected chi connectivity index (χ0v) is 10.8. The Labute approximate surface area is 105 Å². The van der Waals surface area contributed by atoms with E-state index >= 15 is 0 Å². The molecule has 0 fully saturated rings. The lowest BCUT2D eigenvalue weighted by atomic mass is 10.2. The molecule has 0 aliphatic heterocycles. The quantitative estimate of drug-likeness (QED) is 0.800. The summed E-state index contributed by atoms with van der Waals surface area (Å²) in [6.07, 6.45) is 2.88. The molecule has 0 spiro atoms. The molecule has 0 saturated heterocycles. The van der Waals surface area contributed by atoms with Gasteiger partial charge in [0.1, 0.15) is 0 Å². The number of benzene rings is 1. The van der Waals surface area contributed by atoms with Gasteiger partial charge in [-0.15, -0.1) is 0 Å². The average molecular weight is 253 g/mol. The van der Waals surface area contributed by atoms with E-state index in [0.717, 1.165) is 28.4 Å². The number of H-pyrrole nitrogens is 1. The van der Waals surface area contributed by atoms with E-state index in [1.165, 1.54) is 0 Å². The monoisotopic (exact) mass is 252 g/mol. The van der Waals surface area contributed by atoms with E-state index < -0.39 is 0 Å². The van der Waals surface area contributed by atoms with Crippen molar-refractivity contribution in [3.63, 3.8) is 0 Å². The maximum atomic E-state index is 6.12. The first-order valence-electron chi connectivity index (χ1n) is 5.20. The second-order valence-corrected chi connectivity index (χ2v) is 4.45. The number of imidazole rings is 1. The first kappa shape index (κ1) is 11.4. The first-order chi connectivity index (χ1) is 7.65. The molecule has 0 unspecified atom stereocenters. The number of nitrogens with one attached hydrogen (secondary N) is 1. The number of aromatic nitrogens is 2. The lowest BCUT2D eigenvalue weighted by molar-refractivity contribution is 0.915. The Kier molecular flexibility index (Phi) is 3.17. The Morgan fingerprint density at radius 2 is 2.19 bits per heavy atom. The third-order valence-corrected chi connectivity index (χ3v) is 3.40. The van der Waals surface area contributed by atoms with Gasteiger partial charge in [0.2, 0.25) is 0 Å². The van der Waals surface area contributed by atoms with Gasteiger partial charge in [0, 0.05) is 16.9 Å². The van der Waals surface area contributed by atoms with Gasteiger partial charge in [-0.25, -0.2) is 0 Å². The maximum Gasteiger partial charge on any atom is 0.182 e. The fourth-order valence-corrected chi connectivity index (χ4v) is 2.21. The molecule has 2 nitrogen and oxygen atoms in total. The Morgan fingerprint density at radius 1 is 1.44 bits per heavy atom. The van der Waals surface area contributed by atoms with Crippen LogP contribution in [0.15, 0.2) is 24.4 Å². The van der Waals surface area contributed by atoms with Crippen LogP contribution in [0.25, 0.3) is 5.69 Å². The zero-order chi connectivity index (χ0) is 11.7. The second kappa shape index (κ2) is 4.44. The number of rotatable bonds is 2.